The monoisotopic (exact) mass is 381 g/mol. The SMILES string of the molecule is CC(c1cccc(C(F)(F)F)c1)n1ncc(I)c1N. The Labute approximate surface area is 121 Å². The first-order valence-corrected chi connectivity index (χ1v) is 6.54. The molecule has 0 amide bonds. The second kappa shape index (κ2) is 5.03. The molecule has 0 aliphatic carbocycles. The van der Waals surface area contributed by atoms with Crippen LogP contribution in [0.2, 0.25) is 0 Å². The van der Waals surface area contributed by atoms with E-state index >= 15 is 0 Å². The van der Waals surface area contributed by atoms with Crippen molar-refractivity contribution in [1.82, 2.24) is 9.78 Å². The molecule has 7 heteroatoms. The Kier molecular flexibility index (Phi) is 3.75. The van der Waals surface area contributed by atoms with Crippen molar-refractivity contribution in [3.8, 4) is 0 Å². The Hall–Kier alpha value is -1.25. The molecule has 0 saturated carbocycles. The highest BCUT2D eigenvalue weighted by Crippen LogP contribution is 2.32. The number of nitrogen functional groups attached to an aromatic ring is 1. The molecule has 0 radical (unpaired) electrons. The minimum Gasteiger partial charge on any atom is -0.383 e. The highest BCUT2D eigenvalue weighted by atomic mass is 127. The second-order valence-corrected chi connectivity index (χ2v) is 5.28. The van der Waals surface area contributed by atoms with Crippen molar-refractivity contribution in [3.05, 3.63) is 45.2 Å². The van der Waals surface area contributed by atoms with Crippen molar-refractivity contribution in [2.24, 2.45) is 0 Å². The van der Waals surface area contributed by atoms with Crippen LogP contribution in [0.15, 0.2) is 30.5 Å². The van der Waals surface area contributed by atoms with Crippen molar-refractivity contribution in [1.29, 1.82) is 0 Å². The average Bonchev–Trinajstić information content (AvgIpc) is 2.68. The third kappa shape index (κ3) is 2.85. The number of hydrogen-bond donors (Lipinski definition) is 1. The number of aromatic nitrogens is 2. The van der Waals surface area contributed by atoms with Crippen molar-refractivity contribution >= 4 is 28.4 Å². The lowest BCUT2D eigenvalue weighted by molar-refractivity contribution is -0.137. The molecular weight excluding hydrogens is 370 g/mol. The highest BCUT2D eigenvalue weighted by molar-refractivity contribution is 14.1. The lowest BCUT2D eigenvalue weighted by atomic mass is 10.1. The van der Waals surface area contributed by atoms with Gasteiger partial charge in [-0.3, -0.25) is 0 Å². The van der Waals surface area contributed by atoms with Crippen LogP contribution >= 0.6 is 22.6 Å². The van der Waals surface area contributed by atoms with E-state index in [1.807, 2.05) is 22.6 Å². The molecule has 19 heavy (non-hydrogen) atoms. The Balaban J connectivity index is 2.40. The van der Waals surface area contributed by atoms with Gasteiger partial charge in [-0.25, -0.2) is 4.68 Å². The molecule has 1 unspecified atom stereocenters. The first kappa shape index (κ1) is 14.2. The van der Waals surface area contributed by atoms with E-state index in [1.165, 1.54) is 10.7 Å². The van der Waals surface area contributed by atoms with Crippen LogP contribution in [-0.2, 0) is 6.18 Å². The van der Waals surface area contributed by atoms with Gasteiger partial charge in [0.15, 0.2) is 0 Å². The fourth-order valence-electron chi connectivity index (χ4n) is 1.78. The molecule has 2 N–H and O–H groups in total. The van der Waals surface area contributed by atoms with E-state index in [0.717, 1.165) is 15.7 Å². The zero-order chi connectivity index (χ0) is 14.2. The molecule has 2 rings (SSSR count). The maximum atomic E-state index is 12.7. The Morgan fingerprint density at radius 2 is 2.05 bits per heavy atom. The molecule has 0 aliphatic rings. The van der Waals surface area contributed by atoms with E-state index in [4.69, 9.17) is 5.73 Å². The maximum absolute atomic E-state index is 12.7. The van der Waals surface area contributed by atoms with Crippen molar-refractivity contribution in [3.63, 3.8) is 0 Å². The van der Waals surface area contributed by atoms with Crippen LogP contribution in [0.3, 0.4) is 0 Å². The van der Waals surface area contributed by atoms with Gasteiger partial charge in [0, 0.05) is 0 Å². The van der Waals surface area contributed by atoms with E-state index in [0.29, 0.717) is 11.4 Å². The molecule has 0 saturated heterocycles. The summed E-state index contributed by atoms with van der Waals surface area (Å²) in [5.74, 6) is 0.450. The van der Waals surface area contributed by atoms with Crippen LogP contribution < -0.4 is 5.73 Å². The number of anilines is 1. The van der Waals surface area contributed by atoms with Crippen molar-refractivity contribution in [2.45, 2.75) is 19.1 Å². The number of nitrogens with two attached hydrogens (primary N) is 1. The normalized spacial score (nSPS) is 13.5. The summed E-state index contributed by atoms with van der Waals surface area (Å²) in [6, 6.07) is 4.84. The molecule has 3 nitrogen and oxygen atoms in total. The molecule has 102 valence electrons. The number of nitrogens with zero attached hydrogens (tertiary/aromatic N) is 2. The highest BCUT2D eigenvalue weighted by Gasteiger charge is 2.31. The molecule has 1 aromatic carbocycles. The third-order valence-electron chi connectivity index (χ3n) is 2.85. The molecule has 1 heterocycles. The predicted octanol–water partition coefficient (Wildman–Crippen LogP) is 3.70. The van der Waals surface area contributed by atoms with Gasteiger partial charge in [-0.15, -0.1) is 0 Å². The molecular formula is C12H11F3IN3. The van der Waals surface area contributed by atoms with Gasteiger partial charge in [-0.2, -0.15) is 18.3 Å². The summed E-state index contributed by atoms with van der Waals surface area (Å²) in [5.41, 5.74) is 5.68. The second-order valence-electron chi connectivity index (χ2n) is 4.12. The quantitative estimate of drug-likeness (QED) is 0.807. The fraction of sp³-hybridized carbons (Fsp3) is 0.250. The Morgan fingerprint density at radius 1 is 1.37 bits per heavy atom. The summed E-state index contributed by atoms with van der Waals surface area (Å²) < 4.78 is 40.3. The summed E-state index contributed by atoms with van der Waals surface area (Å²) >= 11 is 2.03. The van der Waals surface area contributed by atoms with Gasteiger partial charge in [-0.1, -0.05) is 12.1 Å². The first-order valence-electron chi connectivity index (χ1n) is 5.46. The molecule has 0 spiro atoms. The first-order chi connectivity index (χ1) is 8.80. The van der Waals surface area contributed by atoms with Gasteiger partial charge in [0.25, 0.3) is 0 Å². The van der Waals surface area contributed by atoms with Crippen LogP contribution in [-0.4, -0.2) is 9.78 Å². The van der Waals surface area contributed by atoms with Gasteiger partial charge in [0.1, 0.15) is 5.82 Å². The summed E-state index contributed by atoms with van der Waals surface area (Å²) in [6.07, 6.45) is -2.76. The van der Waals surface area contributed by atoms with Crippen molar-refractivity contribution in [2.75, 3.05) is 5.73 Å². The lowest BCUT2D eigenvalue weighted by Gasteiger charge is -2.16. The number of alkyl halides is 3. The number of halogens is 4. The number of benzene rings is 1. The van der Waals surface area contributed by atoms with E-state index in [1.54, 1.807) is 19.2 Å². The van der Waals surface area contributed by atoms with Gasteiger partial charge >= 0.3 is 6.18 Å². The predicted molar refractivity (Wildman–Crippen MR) is 74.6 cm³/mol. The molecule has 2 aromatic rings. The third-order valence-corrected chi connectivity index (χ3v) is 3.68. The van der Waals surface area contributed by atoms with Crippen LogP contribution in [0.4, 0.5) is 19.0 Å². The summed E-state index contributed by atoms with van der Waals surface area (Å²) in [6.45, 7) is 1.76. The Morgan fingerprint density at radius 3 is 2.58 bits per heavy atom. The standard InChI is InChI=1S/C12H11F3IN3/c1-7(19-11(17)10(16)6-18-19)8-3-2-4-9(5-8)12(13,14)15/h2-7H,17H2,1H3. The van der Waals surface area contributed by atoms with Crippen LogP contribution in [0, 0.1) is 3.57 Å². The molecule has 0 bridgehead atoms. The smallest absolute Gasteiger partial charge is 0.383 e. The van der Waals surface area contributed by atoms with Gasteiger partial charge in [0.05, 0.1) is 21.4 Å². The van der Waals surface area contributed by atoms with Crippen LogP contribution in [0.1, 0.15) is 24.1 Å². The van der Waals surface area contributed by atoms with Gasteiger partial charge in [-0.05, 0) is 47.2 Å². The van der Waals surface area contributed by atoms with E-state index in [2.05, 4.69) is 5.10 Å². The summed E-state index contributed by atoms with van der Waals surface area (Å²) in [4.78, 5) is 0. The maximum Gasteiger partial charge on any atom is 0.416 e. The van der Waals surface area contributed by atoms with Crippen LogP contribution in [0.25, 0.3) is 0 Å². The zero-order valence-electron chi connectivity index (χ0n) is 9.95. The minimum atomic E-state index is -4.35. The minimum absolute atomic E-state index is 0.356. The number of rotatable bonds is 2. The molecule has 0 fully saturated rings. The fourth-order valence-corrected chi connectivity index (χ4v) is 2.15. The number of hydrogen-bond acceptors (Lipinski definition) is 2. The van der Waals surface area contributed by atoms with E-state index in [9.17, 15) is 13.2 Å². The van der Waals surface area contributed by atoms with Crippen molar-refractivity contribution < 1.29 is 13.2 Å². The van der Waals surface area contributed by atoms with E-state index < -0.39 is 11.7 Å². The molecule has 1 atom stereocenters. The molecule has 0 aliphatic heterocycles. The molecule has 1 aromatic heterocycles. The summed E-state index contributed by atoms with van der Waals surface area (Å²) in [5, 5.41) is 4.09. The zero-order valence-corrected chi connectivity index (χ0v) is 12.1. The van der Waals surface area contributed by atoms with E-state index in [-0.39, 0.29) is 6.04 Å². The van der Waals surface area contributed by atoms with Gasteiger partial charge in [0.2, 0.25) is 0 Å². The van der Waals surface area contributed by atoms with Gasteiger partial charge < -0.3 is 5.73 Å². The largest absolute Gasteiger partial charge is 0.416 e. The lowest BCUT2D eigenvalue weighted by Crippen LogP contribution is -2.13. The van der Waals surface area contributed by atoms with Crippen LogP contribution in [0.5, 0.6) is 0 Å². The average molecular weight is 381 g/mol. The topological polar surface area (TPSA) is 43.8 Å². The summed E-state index contributed by atoms with van der Waals surface area (Å²) in [7, 11) is 0. The Bertz CT molecular complexity index is 592.